The van der Waals surface area contributed by atoms with Gasteiger partial charge in [-0.3, -0.25) is 4.98 Å². The number of hydrogen-bond donors (Lipinski definition) is 1. The molecule has 3 nitrogen and oxygen atoms in total. The van der Waals surface area contributed by atoms with Crippen LogP contribution in [0, 0.1) is 6.92 Å². The zero-order chi connectivity index (χ0) is 14.7. The summed E-state index contributed by atoms with van der Waals surface area (Å²) in [6.07, 6.45) is 1.74. The number of nitrogens with zero attached hydrogens (tertiary/aromatic N) is 2. The van der Waals surface area contributed by atoms with E-state index in [2.05, 4.69) is 29.0 Å². The van der Waals surface area contributed by atoms with Crippen LogP contribution in [0.4, 0.5) is 0 Å². The van der Waals surface area contributed by atoms with Gasteiger partial charge in [0.1, 0.15) is 0 Å². The Hall–Kier alpha value is -2.52. The summed E-state index contributed by atoms with van der Waals surface area (Å²) in [5.74, 6) is 0. The summed E-state index contributed by atoms with van der Waals surface area (Å²) >= 11 is 0. The van der Waals surface area contributed by atoms with Crippen molar-refractivity contribution >= 4 is 0 Å². The lowest BCUT2D eigenvalue weighted by molar-refractivity contribution is 0.277. The lowest BCUT2D eigenvalue weighted by atomic mass is 10.0. The van der Waals surface area contributed by atoms with Gasteiger partial charge in [0.15, 0.2) is 0 Å². The fraction of sp³-hybridized carbons (Fsp3) is 0.111. The van der Waals surface area contributed by atoms with Gasteiger partial charge in [-0.15, -0.1) is 0 Å². The molecule has 0 aliphatic carbocycles. The third-order valence-electron chi connectivity index (χ3n) is 3.41. The first-order valence-electron chi connectivity index (χ1n) is 6.87. The maximum atomic E-state index is 9.62. The highest BCUT2D eigenvalue weighted by Gasteiger charge is 2.09. The van der Waals surface area contributed by atoms with Crippen LogP contribution in [0.1, 0.15) is 11.3 Å². The normalized spacial score (nSPS) is 10.6. The molecule has 3 aromatic rings. The van der Waals surface area contributed by atoms with Crippen LogP contribution in [0.2, 0.25) is 0 Å². The maximum absolute atomic E-state index is 9.62. The van der Waals surface area contributed by atoms with E-state index in [1.54, 1.807) is 6.20 Å². The molecule has 0 unspecified atom stereocenters. The van der Waals surface area contributed by atoms with E-state index in [9.17, 15) is 5.11 Å². The molecule has 0 fully saturated rings. The van der Waals surface area contributed by atoms with Crippen molar-refractivity contribution in [1.82, 2.24) is 9.97 Å². The average molecular weight is 276 g/mol. The first-order valence-corrected chi connectivity index (χ1v) is 6.87. The number of benzene rings is 1. The Balaban J connectivity index is 2.06. The van der Waals surface area contributed by atoms with Crippen LogP contribution < -0.4 is 0 Å². The van der Waals surface area contributed by atoms with Crippen molar-refractivity contribution in [1.29, 1.82) is 0 Å². The number of aryl methyl sites for hydroxylation is 1. The summed E-state index contributed by atoms with van der Waals surface area (Å²) in [6, 6.07) is 17.9. The molecule has 3 heteroatoms. The van der Waals surface area contributed by atoms with E-state index in [1.807, 2.05) is 42.5 Å². The van der Waals surface area contributed by atoms with E-state index >= 15 is 0 Å². The molecule has 0 aliphatic heterocycles. The zero-order valence-electron chi connectivity index (χ0n) is 11.8. The molecular formula is C18H16N2O. The minimum absolute atomic E-state index is 0.0934. The molecule has 104 valence electrons. The second-order valence-electron chi connectivity index (χ2n) is 4.93. The second-order valence-corrected chi connectivity index (χ2v) is 4.93. The second kappa shape index (κ2) is 5.85. The minimum Gasteiger partial charge on any atom is -0.390 e. The van der Waals surface area contributed by atoms with Gasteiger partial charge in [-0.05, 0) is 30.7 Å². The van der Waals surface area contributed by atoms with Gasteiger partial charge in [0, 0.05) is 11.8 Å². The van der Waals surface area contributed by atoms with Crippen LogP contribution in [0.15, 0.2) is 60.8 Å². The monoisotopic (exact) mass is 276 g/mol. The lowest BCUT2D eigenvalue weighted by Crippen LogP contribution is -1.97. The summed E-state index contributed by atoms with van der Waals surface area (Å²) in [6.45, 7) is 1.96. The van der Waals surface area contributed by atoms with E-state index in [1.165, 1.54) is 5.56 Å². The first-order chi connectivity index (χ1) is 10.3. The number of aliphatic hydroxyl groups is 1. The number of aliphatic hydroxyl groups excluding tert-OH is 1. The Morgan fingerprint density at radius 1 is 0.905 bits per heavy atom. The molecule has 0 radical (unpaired) electrons. The Morgan fingerprint density at radius 3 is 2.38 bits per heavy atom. The van der Waals surface area contributed by atoms with Gasteiger partial charge >= 0.3 is 0 Å². The summed E-state index contributed by atoms with van der Waals surface area (Å²) in [5, 5.41) is 9.62. The molecule has 3 rings (SSSR count). The predicted octanol–water partition coefficient (Wildman–Crippen LogP) is 3.61. The number of aromatic nitrogens is 2. The van der Waals surface area contributed by atoms with Crippen LogP contribution in [-0.2, 0) is 6.61 Å². The predicted molar refractivity (Wildman–Crippen MR) is 83.6 cm³/mol. The SMILES string of the molecule is Cc1ccc(-c2ccc(-c3ccccn3)nc2CO)cc1. The smallest absolute Gasteiger partial charge is 0.0890 e. The molecular weight excluding hydrogens is 260 g/mol. The van der Waals surface area contributed by atoms with Crippen LogP contribution in [-0.4, -0.2) is 15.1 Å². The van der Waals surface area contributed by atoms with Gasteiger partial charge in [0.25, 0.3) is 0 Å². The van der Waals surface area contributed by atoms with Gasteiger partial charge in [-0.25, -0.2) is 4.98 Å². The Morgan fingerprint density at radius 2 is 1.71 bits per heavy atom. The summed E-state index contributed by atoms with van der Waals surface area (Å²) in [7, 11) is 0. The molecule has 0 saturated heterocycles. The van der Waals surface area contributed by atoms with E-state index in [4.69, 9.17) is 0 Å². The largest absolute Gasteiger partial charge is 0.390 e. The summed E-state index contributed by atoms with van der Waals surface area (Å²) in [4.78, 5) is 8.84. The lowest BCUT2D eigenvalue weighted by Gasteiger charge is -2.09. The Kier molecular flexibility index (Phi) is 3.75. The number of rotatable bonds is 3. The molecule has 2 aromatic heterocycles. The fourth-order valence-corrected chi connectivity index (χ4v) is 2.27. The van der Waals surface area contributed by atoms with Crippen molar-refractivity contribution in [2.75, 3.05) is 0 Å². The highest BCUT2D eigenvalue weighted by Crippen LogP contribution is 2.26. The van der Waals surface area contributed by atoms with Gasteiger partial charge in [0.05, 0.1) is 23.7 Å². The molecule has 0 atom stereocenters. The van der Waals surface area contributed by atoms with Gasteiger partial charge in [-0.2, -0.15) is 0 Å². The van der Waals surface area contributed by atoms with Crippen LogP contribution in [0.25, 0.3) is 22.5 Å². The number of hydrogen-bond acceptors (Lipinski definition) is 3. The molecule has 21 heavy (non-hydrogen) atoms. The molecule has 2 heterocycles. The van der Waals surface area contributed by atoms with Crippen molar-refractivity contribution < 1.29 is 5.11 Å². The van der Waals surface area contributed by atoms with Gasteiger partial charge in [0.2, 0.25) is 0 Å². The molecule has 0 amide bonds. The molecule has 0 spiro atoms. The summed E-state index contributed by atoms with van der Waals surface area (Å²) in [5.41, 5.74) is 5.48. The van der Waals surface area contributed by atoms with Crippen LogP contribution in [0.5, 0.6) is 0 Å². The van der Waals surface area contributed by atoms with Crippen molar-refractivity contribution in [3.05, 3.63) is 72.1 Å². The van der Waals surface area contributed by atoms with Gasteiger partial charge < -0.3 is 5.11 Å². The van der Waals surface area contributed by atoms with E-state index in [0.717, 1.165) is 22.5 Å². The quantitative estimate of drug-likeness (QED) is 0.795. The van der Waals surface area contributed by atoms with E-state index < -0.39 is 0 Å². The molecule has 0 bridgehead atoms. The standard InChI is InChI=1S/C18H16N2O/c1-13-5-7-14(8-6-13)15-9-10-17(20-18(15)12-21)16-4-2-3-11-19-16/h2-11,21H,12H2,1H3. The van der Waals surface area contributed by atoms with E-state index in [-0.39, 0.29) is 6.61 Å². The van der Waals surface area contributed by atoms with Crippen molar-refractivity contribution in [2.24, 2.45) is 0 Å². The third kappa shape index (κ3) is 2.83. The summed E-state index contributed by atoms with van der Waals surface area (Å²) < 4.78 is 0. The number of pyridine rings is 2. The van der Waals surface area contributed by atoms with Gasteiger partial charge in [-0.1, -0.05) is 42.0 Å². The minimum atomic E-state index is -0.0934. The Labute approximate surface area is 124 Å². The highest BCUT2D eigenvalue weighted by molar-refractivity contribution is 5.69. The maximum Gasteiger partial charge on any atom is 0.0890 e. The Bertz CT molecular complexity index is 737. The van der Waals surface area contributed by atoms with Crippen LogP contribution >= 0.6 is 0 Å². The van der Waals surface area contributed by atoms with Crippen molar-refractivity contribution in [3.8, 4) is 22.5 Å². The highest BCUT2D eigenvalue weighted by atomic mass is 16.3. The third-order valence-corrected chi connectivity index (χ3v) is 3.41. The van der Waals surface area contributed by atoms with Crippen molar-refractivity contribution in [3.63, 3.8) is 0 Å². The topological polar surface area (TPSA) is 46.0 Å². The first kappa shape index (κ1) is 13.5. The van der Waals surface area contributed by atoms with E-state index in [0.29, 0.717) is 5.69 Å². The molecule has 1 aromatic carbocycles. The fourth-order valence-electron chi connectivity index (χ4n) is 2.27. The zero-order valence-corrected chi connectivity index (χ0v) is 11.8. The molecule has 1 N–H and O–H groups in total. The van der Waals surface area contributed by atoms with Crippen LogP contribution in [0.3, 0.4) is 0 Å². The van der Waals surface area contributed by atoms with Crippen molar-refractivity contribution in [2.45, 2.75) is 13.5 Å². The average Bonchev–Trinajstić information content (AvgIpc) is 2.56. The molecule has 0 aliphatic rings. The molecule has 0 saturated carbocycles.